The van der Waals surface area contributed by atoms with E-state index >= 15 is 0 Å². The molecule has 0 unspecified atom stereocenters. The number of nitrogens with zero attached hydrogens (tertiary/aromatic N) is 2. The lowest BCUT2D eigenvalue weighted by Gasteiger charge is -2.17. The van der Waals surface area contributed by atoms with E-state index in [1.165, 1.54) is 13.2 Å². The summed E-state index contributed by atoms with van der Waals surface area (Å²) in [7, 11) is 3.38. The normalized spacial score (nSPS) is 14.5. The van der Waals surface area contributed by atoms with Gasteiger partial charge in [0.25, 0.3) is 0 Å². The van der Waals surface area contributed by atoms with Crippen molar-refractivity contribution in [2.24, 2.45) is 10.7 Å². The lowest BCUT2D eigenvalue weighted by Crippen LogP contribution is -2.35. The van der Waals surface area contributed by atoms with Gasteiger partial charge in [0.15, 0.2) is 5.96 Å². The largest absolute Gasteiger partial charge is 0.497 e. The van der Waals surface area contributed by atoms with Gasteiger partial charge in [0.05, 0.1) is 13.7 Å². The Bertz CT molecular complexity index is 525. The molecule has 0 radical (unpaired) electrons. The van der Waals surface area contributed by atoms with Crippen molar-refractivity contribution < 1.29 is 18.3 Å². The number of aliphatic imine (C=N–C) groups is 1. The van der Waals surface area contributed by atoms with Gasteiger partial charge >= 0.3 is 6.61 Å². The van der Waals surface area contributed by atoms with Gasteiger partial charge in [0, 0.05) is 18.7 Å². The van der Waals surface area contributed by atoms with Crippen LogP contribution >= 0.6 is 24.0 Å². The summed E-state index contributed by atoms with van der Waals surface area (Å²) in [5.74, 6) is 1.02. The van der Waals surface area contributed by atoms with Crippen molar-refractivity contribution in [3.8, 4) is 11.5 Å². The fourth-order valence-electron chi connectivity index (χ4n) is 1.94. The molecule has 22 heavy (non-hydrogen) atoms. The van der Waals surface area contributed by atoms with Crippen molar-refractivity contribution in [2.45, 2.75) is 32.0 Å². The van der Waals surface area contributed by atoms with E-state index in [0.717, 1.165) is 12.8 Å². The molecule has 1 fully saturated rings. The highest BCUT2D eigenvalue weighted by atomic mass is 127. The first-order chi connectivity index (χ1) is 10.0. The highest BCUT2D eigenvalue weighted by molar-refractivity contribution is 14.0. The molecule has 1 saturated carbocycles. The average molecular weight is 427 g/mol. The molecule has 0 amide bonds. The van der Waals surface area contributed by atoms with Crippen LogP contribution in [0.2, 0.25) is 0 Å². The Labute approximate surface area is 145 Å². The van der Waals surface area contributed by atoms with E-state index in [1.54, 1.807) is 12.1 Å². The molecule has 2 N–H and O–H groups in total. The number of benzene rings is 1. The van der Waals surface area contributed by atoms with Gasteiger partial charge < -0.3 is 20.1 Å². The molecule has 1 aliphatic carbocycles. The van der Waals surface area contributed by atoms with E-state index in [-0.39, 0.29) is 36.3 Å². The number of methoxy groups -OCH3 is 1. The summed E-state index contributed by atoms with van der Waals surface area (Å²) in [6.45, 7) is -2.73. The van der Waals surface area contributed by atoms with Crippen LogP contribution in [0.5, 0.6) is 11.5 Å². The molecule has 1 aromatic carbocycles. The van der Waals surface area contributed by atoms with Crippen molar-refractivity contribution in [3.05, 3.63) is 23.8 Å². The number of nitrogens with two attached hydrogens (primary N) is 1. The molecule has 1 aliphatic rings. The summed E-state index contributed by atoms with van der Waals surface area (Å²) >= 11 is 0. The summed E-state index contributed by atoms with van der Waals surface area (Å²) in [5.41, 5.74) is 6.39. The standard InChI is InChI=1S/C14H19F2N3O2.HI/c1-19(10-3-4-10)14(17)18-8-9-7-11(20-2)5-6-12(9)21-13(15)16;/h5-7,10,13H,3-4,8H2,1-2H3,(H2,17,18);1H. The Balaban J connectivity index is 0.00000242. The molecular formula is C14H20F2IN3O2. The van der Waals surface area contributed by atoms with Crippen LogP contribution in [-0.2, 0) is 6.54 Å². The summed E-state index contributed by atoms with van der Waals surface area (Å²) in [6, 6.07) is 5.06. The second-order valence-electron chi connectivity index (χ2n) is 4.87. The lowest BCUT2D eigenvalue weighted by molar-refractivity contribution is -0.0504. The summed E-state index contributed by atoms with van der Waals surface area (Å²) < 4.78 is 34.4. The minimum Gasteiger partial charge on any atom is -0.497 e. The summed E-state index contributed by atoms with van der Waals surface area (Å²) in [6.07, 6.45) is 2.21. The van der Waals surface area contributed by atoms with Gasteiger partial charge in [-0.2, -0.15) is 8.78 Å². The van der Waals surface area contributed by atoms with E-state index in [0.29, 0.717) is 23.3 Å². The van der Waals surface area contributed by atoms with Crippen molar-refractivity contribution >= 4 is 29.9 Å². The molecule has 0 bridgehead atoms. The van der Waals surface area contributed by atoms with Crippen LogP contribution in [0.15, 0.2) is 23.2 Å². The molecule has 0 spiro atoms. The number of guanidine groups is 1. The van der Waals surface area contributed by atoms with Crippen molar-refractivity contribution in [2.75, 3.05) is 14.2 Å². The molecule has 2 rings (SSSR count). The maximum Gasteiger partial charge on any atom is 0.387 e. The third-order valence-electron chi connectivity index (χ3n) is 3.35. The van der Waals surface area contributed by atoms with Crippen LogP contribution in [-0.4, -0.2) is 37.7 Å². The predicted molar refractivity (Wildman–Crippen MR) is 91.2 cm³/mol. The first-order valence-corrected chi connectivity index (χ1v) is 6.65. The van der Waals surface area contributed by atoms with E-state index in [4.69, 9.17) is 10.5 Å². The molecule has 0 saturated heterocycles. The van der Waals surface area contributed by atoms with E-state index in [2.05, 4.69) is 9.73 Å². The van der Waals surface area contributed by atoms with Crippen LogP contribution in [0.3, 0.4) is 0 Å². The van der Waals surface area contributed by atoms with E-state index in [1.807, 2.05) is 11.9 Å². The van der Waals surface area contributed by atoms with Crippen LogP contribution < -0.4 is 15.2 Å². The Morgan fingerprint density at radius 2 is 2.14 bits per heavy atom. The van der Waals surface area contributed by atoms with Crippen LogP contribution in [0.1, 0.15) is 18.4 Å². The molecule has 0 aliphatic heterocycles. The van der Waals surface area contributed by atoms with Gasteiger partial charge in [-0.1, -0.05) is 0 Å². The van der Waals surface area contributed by atoms with E-state index in [9.17, 15) is 8.78 Å². The molecule has 8 heteroatoms. The van der Waals surface area contributed by atoms with Crippen molar-refractivity contribution in [1.82, 2.24) is 4.90 Å². The number of hydrogen-bond acceptors (Lipinski definition) is 3. The predicted octanol–water partition coefficient (Wildman–Crippen LogP) is 2.82. The number of ether oxygens (including phenoxy) is 2. The third-order valence-corrected chi connectivity index (χ3v) is 3.35. The minimum absolute atomic E-state index is 0. The average Bonchev–Trinajstić information content (AvgIpc) is 3.29. The van der Waals surface area contributed by atoms with Crippen molar-refractivity contribution in [3.63, 3.8) is 0 Å². The quantitative estimate of drug-likeness (QED) is 0.431. The lowest BCUT2D eigenvalue weighted by atomic mass is 10.2. The number of alkyl halides is 2. The molecule has 5 nitrogen and oxygen atoms in total. The number of rotatable bonds is 6. The van der Waals surface area contributed by atoms with Crippen LogP contribution in [0.25, 0.3) is 0 Å². The van der Waals surface area contributed by atoms with Gasteiger partial charge in [0.2, 0.25) is 0 Å². The zero-order chi connectivity index (χ0) is 15.4. The minimum atomic E-state index is -2.88. The maximum atomic E-state index is 12.4. The molecule has 0 atom stereocenters. The second kappa shape index (κ2) is 8.35. The van der Waals surface area contributed by atoms with Gasteiger partial charge in [-0.15, -0.1) is 24.0 Å². The second-order valence-corrected chi connectivity index (χ2v) is 4.87. The smallest absolute Gasteiger partial charge is 0.387 e. The molecule has 1 aromatic rings. The summed E-state index contributed by atoms with van der Waals surface area (Å²) in [4.78, 5) is 6.14. The Morgan fingerprint density at radius 1 is 1.45 bits per heavy atom. The SMILES string of the molecule is COc1ccc(OC(F)F)c(CN=C(N)N(C)C2CC2)c1.I. The Morgan fingerprint density at radius 3 is 2.68 bits per heavy atom. The Hall–Kier alpha value is -1.32. The van der Waals surface area contributed by atoms with Gasteiger partial charge in [-0.05, 0) is 31.0 Å². The highest BCUT2D eigenvalue weighted by Crippen LogP contribution is 2.27. The Kier molecular flexibility index (Phi) is 7.11. The van der Waals surface area contributed by atoms with Gasteiger partial charge in [-0.3, -0.25) is 0 Å². The molecular weight excluding hydrogens is 407 g/mol. The fraction of sp³-hybridized carbons (Fsp3) is 0.500. The zero-order valence-corrected chi connectivity index (χ0v) is 14.8. The van der Waals surface area contributed by atoms with Gasteiger partial charge in [-0.25, -0.2) is 4.99 Å². The molecule has 0 aromatic heterocycles. The zero-order valence-electron chi connectivity index (χ0n) is 12.5. The topological polar surface area (TPSA) is 60.1 Å². The van der Waals surface area contributed by atoms with Crippen LogP contribution in [0.4, 0.5) is 8.78 Å². The molecule has 0 heterocycles. The summed E-state index contributed by atoms with van der Waals surface area (Å²) in [5, 5.41) is 0. The first-order valence-electron chi connectivity index (χ1n) is 6.65. The van der Waals surface area contributed by atoms with E-state index < -0.39 is 6.61 Å². The van der Waals surface area contributed by atoms with Crippen molar-refractivity contribution in [1.29, 1.82) is 0 Å². The number of hydrogen-bond donors (Lipinski definition) is 1. The highest BCUT2D eigenvalue weighted by Gasteiger charge is 2.27. The maximum absolute atomic E-state index is 12.4. The van der Waals surface area contributed by atoms with Crippen LogP contribution in [0, 0.1) is 0 Å². The fourth-order valence-corrected chi connectivity index (χ4v) is 1.94. The molecule has 124 valence electrons. The van der Waals surface area contributed by atoms with Gasteiger partial charge in [0.1, 0.15) is 11.5 Å². The number of halogens is 3. The third kappa shape index (κ3) is 5.15. The first kappa shape index (κ1) is 18.7. The monoisotopic (exact) mass is 427 g/mol.